The van der Waals surface area contributed by atoms with Crippen LogP contribution in [0.2, 0.25) is 10.0 Å². The van der Waals surface area contributed by atoms with Gasteiger partial charge in [-0.3, -0.25) is 4.79 Å². The Kier molecular flexibility index (Phi) is 8.22. The van der Waals surface area contributed by atoms with Crippen LogP contribution in [0.3, 0.4) is 0 Å². The molecule has 0 saturated heterocycles. The summed E-state index contributed by atoms with van der Waals surface area (Å²) in [5.74, 6) is -3.74. The van der Waals surface area contributed by atoms with Gasteiger partial charge < -0.3 is 10.1 Å². The van der Waals surface area contributed by atoms with Crippen LogP contribution in [0.4, 0.5) is 13.2 Å². The highest BCUT2D eigenvalue weighted by Crippen LogP contribution is 2.28. The van der Waals surface area contributed by atoms with Crippen molar-refractivity contribution in [2.24, 2.45) is 0 Å². The number of alkyl halides is 3. The summed E-state index contributed by atoms with van der Waals surface area (Å²) in [4.78, 5) is 24.4. The van der Waals surface area contributed by atoms with Crippen LogP contribution in [0.25, 0.3) is 0 Å². The Morgan fingerprint density at radius 3 is 2.18 bits per heavy atom. The molecule has 0 saturated carbocycles. The molecule has 180 valence electrons. The van der Waals surface area contributed by atoms with Gasteiger partial charge in [0, 0.05) is 34.4 Å². The van der Waals surface area contributed by atoms with Crippen molar-refractivity contribution in [3.8, 4) is 0 Å². The third-order valence-corrected chi connectivity index (χ3v) is 5.58. The van der Waals surface area contributed by atoms with Crippen molar-refractivity contribution >= 4 is 35.1 Å². The largest absolute Gasteiger partial charge is 0.491 e. The Morgan fingerprint density at radius 1 is 1.06 bits per heavy atom. The zero-order chi connectivity index (χ0) is 24.9. The first kappa shape index (κ1) is 25.6. The molecule has 2 aromatic carbocycles. The van der Waals surface area contributed by atoms with Crippen LogP contribution in [0.5, 0.6) is 0 Å². The molecule has 34 heavy (non-hydrogen) atoms. The highest BCUT2D eigenvalue weighted by atomic mass is 35.5. The quantitative estimate of drug-likeness (QED) is 0.413. The van der Waals surface area contributed by atoms with E-state index in [1.165, 1.54) is 18.5 Å². The summed E-state index contributed by atoms with van der Waals surface area (Å²) < 4.78 is 43.6. The number of rotatable bonds is 8. The molecule has 1 N–H and O–H groups in total. The van der Waals surface area contributed by atoms with Crippen molar-refractivity contribution in [1.29, 1.82) is 0 Å². The van der Waals surface area contributed by atoms with E-state index in [2.05, 4.69) is 15.2 Å². The number of nitrogens with zero attached hydrogens (tertiary/aromatic N) is 2. The van der Waals surface area contributed by atoms with E-state index >= 15 is 0 Å². The number of amides is 1. The van der Waals surface area contributed by atoms with Crippen LogP contribution >= 0.6 is 23.2 Å². The molecule has 3 atom stereocenters. The Hall–Kier alpha value is -3.04. The topological polar surface area (TPSA) is 73.2 Å². The Balaban J connectivity index is 1.84. The lowest BCUT2D eigenvalue weighted by Gasteiger charge is -2.28. The maximum atomic E-state index is 12.9. The minimum Gasteiger partial charge on any atom is -0.423 e. The highest BCUT2D eigenvalue weighted by molar-refractivity contribution is 6.30. The fourth-order valence-corrected chi connectivity index (χ4v) is 3.63. The normalized spacial score (nSPS) is 14.2. The van der Waals surface area contributed by atoms with E-state index in [1.54, 1.807) is 43.3 Å². The molecule has 1 heterocycles. The summed E-state index contributed by atoms with van der Waals surface area (Å²) >= 11 is 12.0. The van der Waals surface area contributed by atoms with Gasteiger partial charge >= 0.3 is 12.1 Å². The molecule has 0 fully saturated rings. The van der Waals surface area contributed by atoms with Gasteiger partial charge in [-0.25, -0.2) is 9.48 Å². The smallest absolute Gasteiger partial charge is 0.423 e. The molecule has 0 spiro atoms. The van der Waals surface area contributed by atoms with Crippen LogP contribution in [-0.4, -0.2) is 33.9 Å². The molecular weight excluding hydrogens is 494 g/mol. The zero-order valence-electron chi connectivity index (χ0n) is 17.8. The summed E-state index contributed by atoms with van der Waals surface area (Å²) in [6.45, 7) is 1.71. The zero-order valence-corrected chi connectivity index (χ0v) is 19.3. The number of benzene rings is 2. The minimum atomic E-state index is -5.27. The van der Waals surface area contributed by atoms with E-state index in [4.69, 9.17) is 23.2 Å². The number of halogens is 5. The summed E-state index contributed by atoms with van der Waals surface area (Å²) in [6, 6.07) is 15.0. The Bertz CT molecular complexity index is 1110. The number of esters is 1. The predicted octanol–water partition coefficient (Wildman–Crippen LogP) is 5.33. The molecule has 1 aromatic heterocycles. The fourth-order valence-electron chi connectivity index (χ4n) is 3.38. The standard InChI is InChI=1S/C23H20Cl2F3N3O3/c1-14(30-20(32)21(31-12-2-11-29-31)34-22(33)23(26,27)28)19(16-5-9-18(25)10-6-16)13-15-3-7-17(24)8-4-15/h2-12,14,19,21H,13H2,1H3,(H,30,32). The Labute approximate surface area is 203 Å². The van der Waals surface area contributed by atoms with Crippen molar-refractivity contribution in [1.82, 2.24) is 15.1 Å². The molecule has 0 aliphatic rings. The summed E-state index contributed by atoms with van der Waals surface area (Å²) in [7, 11) is 0. The average molecular weight is 514 g/mol. The van der Waals surface area contributed by atoms with Crippen LogP contribution in [0.15, 0.2) is 67.0 Å². The molecule has 11 heteroatoms. The van der Waals surface area contributed by atoms with Crippen LogP contribution in [0, 0.1) is 0 Å². The van der Waals surface area contributed by atoms with Gasteiger partial charge in [0.25, 0.3) is 12.1 Å². The third kappa shape index (κ3) is 6.74. The second-order valence-electron chi connectivity index (χ2n) is 7.53. The Morgan fingerprint density at radius 2 is 1.65 bits per heavy atom. The number of ether oxygens (including phenoxy) is 1. The second-order valence-corrected chi connectivity index (χ2v) is 8.40. The van der Waals surface area contributed by atoms with Gasteiger partial charge in [0.15, 0.2) is 0 Å². The van der Waals surface area contributed by atoms with Crippen molar-refractivity contribution in [2.45, 2.75) is 37.7 Å². The van der Waals surface area contributed by atoms with Crippen molar-refractivity contribution in [2.75, 3.05) is 0 Å². The van der Waals surface area contributed by atoms with E-state index in [9.17, 15) is 22.8 Å². The number of hydrogen-bond donors (Lipinski definition) is 1. The summed E-state index contributed by atoms with van der Waals surface area (Å²) in [6.07, 6.45) is -4.24. The number of carbonyl (C=O) groups is 2. The lowest BCUT2D eigenvalue weighted by Crippen LogP contribution is -2.44. The van der Waals surface area contributed by atoms with Gasteiger partial charge in [-0.2, -0.15) is 18.3 Å². The number of aromatic nitrogens is 2. The van der Waals surface area contributed by atoms with Gasteiger partial charge in [0.05, 0.1) is 0 Å². The molecule has 0 aliphatic heterocycles. The summed E-state index contributed by atoms with van der Waals surface area (Å²) in [5, 5.41) is 7.52. The van der Waals surface area contributed by atoms with E-state index < -0.39 is 30.3 Å². The molecule has 0 aliphatic carbocycles. The molecule has 0 bridgehead atoms. The van der Waals surface area contributed by atoms with Crippen molar-refractivity contribution < 1.29 is 27.5 Å². The van der Waals surface area contributed by atoms with Gasteiger partial charge in [-0.05, 0) is 54.8 Å². The molecular formula is C23H20Cl2F3N3O3. The molecule has 3 unspecified atom stereocenters. The SMILES string of the molecule is CC(NC(=O)C(OC(=O)C(F)(F)F)n1cccn1)C(Cc1ccc(Cl)cc1)c1ccc(Cl)cc1. The van der Waals surface area contributed by atoms with Gasteiger partial charge in [-0.1, -0.05) is 47.5 Å². The first-order chi connectivity index (χ1) is 16.0. The van der Waals surface area contributed by atoms with Crippen molar-refractivity contribution in [3.05, 3.63) is 88.2 Å². The van der Waals surface area contributed by atoms with Gasteiger partial charge in [0.1, 0.15) is 0 Å². The molecule has 0 radical (unpaired) electrons. The monoisotopic (exact) mass is 513 g/mol. The maximum absolute atomic E-state index is 12.9. The molecule has 3 aromatic rings. The molecule has 1 amide bonds. The number of carbonyl (C=O) groups excluding carboxylic acids is 2. The first-order valence-corrected chi connectivity index (χ1v) is 10.9. The average Bonchev–Trinajstić information content (AvgIpc) is 3.31. The highest BCUT2D eigenvalue weighted by Gasteiger charge is 2.44. The maximum Gasteiger partial charge on any atom is 0.491 e. The van der Waals surface area contributed by atoms with Crippen LogP contribution in [-0.2, 0) is 20.7 Å². The first-order valence-electron chi connectivity index (χ1n) is 10.1. The molecule has 3 rings (SSSR count). The minimum absolute atomic E-state index is 0.293. The third-order valence-electron chi connectivity index (χ3n) is 5.08. The van der Waals surface area contributed by atoms with E-state index in [-0.39, 0.29) is 5.92 Å². The number of nitrogens with one attached hydrogen (secondary N) is 1. The van der Waals surface area contributed by atoms with E-state index in [0.29, 0.717) is 16.5 Å². The van der Waals surface area contributed by atoms with Crippen LogP contribution < -0.4 is 5.32 Å². The number of hydrogen-bond acceptors (Lipinski definition) is 4. The predicted molar refractivity (Wildman–Crippen MR) is 120 cm³/mol. The van der Waals surface area contributed by atoms with E-state index in [1.807, 2.05) is 12.1 Å². The lowest BCUT2D eigenvalue weighted by atomic mass is 9.86. The van der Waals surface area contributed by atoms with Crippen LogP contribution in [0.1, 0.15) is 30.2 Å². The second kappa shape index (κ2) is 10.9. The summed E-state index contributed by atoms with van der Waals surface area (Å²) in [5.41, 5.74) is 1.77. The van der Waals surface area contributed by atoms with E-state index in [0.717, 1.165) is 15.8 Å². The van der Waals surface area contributed by atoms with Gasteiger partial charge in [0.2, 0.25) is 0 Å². The lowest BCUT2D eigenvalue weighted by molar-refractivity contribution is -0.210. The van der Waals surface area contributed by atoms with Gasteiger partial charge in [-0.15, -0.1) is 0 Å². The fraction of sp³-hybridized carbons (Fsp3) is 0.261. The molecule has 6 nitrogen and oxygen atoms in total. The van der Waals surface area contributed by atoms with Crippen molar-refractivity contribution in [3.63, 3.8) is 0 Å².